The van der Waals surface area contributed by atoms with Crippen LogP contribution in [0, 0.1) is 0 Å². The fraction of sp³-hybridized carbons (Fsp3) is 0.0571. The number of rotatable bonds is 6. The zero-order valence-electron chi connectivity index (χ0n) is 40.0. The molecule has 1 aromatic heterocycles. The lowest BCUT2D eigenvalue weighted by atomic mass is 9.70. The van der Waals surface area contributed by atoms with Crippen LogP contribution < -0.4 is 4.90 Å². The van der Waals surface area contributed by atoms with Crippen LogP contribution in [-0.4, -0.2) is 0 Å². The maximum absolute atomic E-state index is 2.54. The first-order valence-corrected chi connectivity index (χ1v) is 26.0. The first-order valence-electron chi connectivity index (χ1n) is 25.2. The molecule has 338 valence electrons. The van der Waals surface area contributed by atoms with Gasteiger partial charge in [-0.3, -0.25) is 0 Å². The summed E-state index contributed by atoms with van der Waals surface area (Å²) in [5, 5.41) is 2.59. The largest absolute Gasteiger partial charge is 0.310 e. The second-order valence-corrected chi connectivity index (χ2v) is 21.4. The third kappa shape index (κ3) is 5.82. The van der Waals surface area contributed by atoms with E-state index in [9.17, 15) is 0 Å². The van der Waals surface area contributed by atoms with Gasteiger partial charge in [0.1, 0.15) is 0 Å². The van der Waals surface area contributed by atoms with E-state index < -0.39 is 5.41 Å². The van der Waals surface area contributed by atoms with E-state index in [1.807, 2.05) is 11.3 Å². The van der Waals surface area contributed by atoms with Crippen LogP contribution in [0.2, 0.25) is 0 Å². The Morgan fingerprint density at radius 1 is 0.292 bits per heavy atom. The van der Waals surface area contributed by atoms with E-state index in [1.54, 1.807) is 0 Å². The van der Waals surface area contributed by atoms with E-state index in [2.05, 4.69) is 267 Å². The smallest absolute Gasteiger partial charge is 0.0725 e. The molecule has 0 radical (unpaired) electrons. The van der Waals surface area contributed by atoms with Gasteiger partial charge in [-0.2, -0.15) is 0 Å². The Balaban J connectivity index is 0.884. The number of benzene rings is 11. The third-order valence-electron chi connectivity index (χ3n) is 16.3. The normalized spacial score (nSPS) is 13.9. The van der Waals surface area contributed by atoms with Crippen molar-refractivity contribution in [2.24, 2.45) is 0 Å². The molecule has 0 saturated carbocycles. The van der Waals surface area contributed by atoms with E-state index >= 15 is 0 Å². The van der Waals surface area contributed by atoms with Crippen LogP contribution in [0.3, 0.4) is 0 Å². The van der Waals surface area contributed by atoms with Crippen molar-refractivity contribution in [2.45, 2.75) is 24.7 Å². The van der Waals surface area contributed by atoms with Crippen molar-refractivity contribution in [2.75, 3.05) is 4.90 Å². The van der Waals surface area contributed by atoms with Crippen LogP contribution in [0.15, 0.2) is 249 Å². The van der Waals surface area contributed by atoms with Gasteiger partial charge in [0, 0.05) is 48.2 Å². The summed E-state index contributed by atoms with van der Waals surface area (Å²) in [6.07, 6.45) is 0. The van der Waals surface area contributed by atoms with E-state index in [0.29, 0.717) is 0 Å². The van der Waals surface area contributed by atoms with Crippen molar-refractivity contribution in [1.29, 1.82) is 0 Å². The maximum atomic E-state index is 2.54. The fourth-order valence-corrected chi connectivity index (χ4v) is 14.2. The highest BCUT2D eigenvalue weighted by Crippen LogP contribution is 2.63. The van der Waals surface area contributed by atoms with Crippen LogP contribution >= 0.6 is 11.3 Å². The molecule has 72 heavy (non-hydrogen) atoms. The van der Waals surface area contributed by atoms with E-state index in [1.165, 1.54) is 120 Å². The zero-order valence-corrected chi connectivity index (χ0v) is 40.8. The predicted molar refractivity (Wildman–Crippen MR) is 304 cm³/mol. The zero-order chi connectivity index (χ0) is 47.7. The van der Waals surface area contributed by atoms with Gasteiger partial charge in [-0.25, -0.2) is 0 Å². The van der Waals surface area contributed by atoms with Crippen molar-refractivity contribution in [1.82, 2.24) is 0 Å². The molecule has 0 N–H and O–H groups in total. The Morgan fingerprint density at radius 3 is 1.39 bits per heavy atom. The SMILES string of the molecule is CC1(C)c2ccccc2-c2ccc(N(c3ccc(-c4ccccc4)cc3)c3ccc(-c4cc(-c5ccc6c(c5)C5(c7ccccc7-c7ccccc75)c5ccccc5-6)c5sc6ccccc6c5c4)cc3)cc21. The van der Waals surface area contributed by atoms with E-state index in [-0.39, 0.29) is 5.41 Å². The van der Waals surface area contributed by atoms with Crippen molar-refractivity contribution >= 4 is 48.6 Å². The van der Waals surface area contributed by atoms with Crippen LogP contribution in [0.5, 0.6) is 0 Å². The molecule has 2 heteroatoms. The van der Waals surface area contributed by atoms with Crippen LogP contribution in [0.4, 0.5) is 17.1 Å². The topological polar surface area (TPSA) is 3.24 Å². The summed E-state index contributed by atoms with van der Waals surface area (Å²) >= 11 is 1.91. The minimum Gasteiger partial charge on any atom is -0.310 e. The molecule has 0 unspecified atom stereocenters. The molecule has 1 nitrogen and oxygen atoms in total. The summed E-state index contributed by atoms with van der Waals surface area (Å²) in [7, 11) is 0. The molecule has 3 aliphatic carbocycles. The average molecular weight is 934 g/mol. The lowest BCUT2D eigenvalue weighted by Crippen LogP contribution is -2.25. The number of thiophene rings is 1. The van der Waals surface area contributed by atoms with Gasteiger partial charge < -0.3 is 4.90 Å². The molecular formula is C70H47NS. The van der Waals surface area contributed by atoms with Gasteiger partial charge in [0.25, 0.3) is 0 Å². The molecule has 0 bridgehead atoms. The molecule has 12 aromatic rings. The number of anilines is 3. The lowest BCUT2D eigenvalue weighted by Gasteiger charge is -2.30. The molecule has 15 rings (SSSR count). The molecular weight excluding hydrogens is 887 g/mol. The number of fused-ring (bicyclic) bond motifs is 16. The first-order chi connectivity index (χ1) is 35.4. The number of hydrogen-bond donors (Lipinski definition) is 0. The number of nitrogens with zero attached hydrogens (tertiary/aromatic N) is 1. The molecule has 1 heterocycles. The average Bonchev–Trinajstić information content (AvgIpc) is 4.13. The fourth-order valence-electron chi connectivity index (χ4n) is 13.0. The minimum atomic E-state index is -0.409. The lowest BCUT2D eigenvalue weighted by molar-refractivity contribution is 0.660. The van der Waals surface area contributed by atoms with Gasteiger partial charge in [-0.1, -0.05) is 202 Å². The molecule has 1 spiro atoms. The molecule has 3 aliphatic rings. The summed E-state index contributed by atoms with van der Waals surface area (Å²) in [6.45, 7) is 4.73. The monoisotopic (exact) mass is 933 g/mol. The van der Waals surface area contributed by atoms with Gasteiger partial charge in [0.15, 0.2) is 0 Å². The summed E-state index contributed by atoms with van der Waals surface area (Å²) in [4.78, 5) is 2.43. The summed E-state index contributed by atoms with van der Waals surface area (Å²) < 4.78 is 2.62. The highest BCUT2D eigenvalue weighted by atomic mass is 32.1. The van der Waals surface area contributed by atoms with E-state index in [0.717, 1.165) is 17.1 Å². The highest BCUT2D eigenvalue weighted by Gasteiger charge is 2.51. The van der Waals surface area contributed by atoms with Gasteiger partial charge in [-0.15, -0.1) is 11.3 Å². The molecule has 0 fully saturated rings. The molecule has 0 aliphatic heterocycles. The Morgan fingerprint density at radius 2 is 0.750 bits per heavy atom. The molecule has 11 aromatic carbocycles. The minimum absolute atomic E-state index is 0.119. The summed E-state index contributed by atoms with van der Waals surface area (Å²) in [6, 6.07) is 93.4. The Hall–Kier alpha value is -8.56. The third-order valence-corrected chi connectivity index (χ3v) is 17.5. The van der Waals surface area contributed by atoms with E-state index in [4.69, 9.17) is 0 Å². The molecule has 0 amide bonds. The first kappa shape index (κ1) is 41.2. The quantitative estimate of drug-likeness (QED) is 0.161. The van der Waals surface area contributed by atoms with Crippen molar-refractivity contribution < 1.29 is 0 Å². The van der Waals surface area contributed by atoms with Crippen molar-refractivity contribution in [3.63, 3.8) is 0 Å². The van der Waals surface area contributed by atoms with Crippen LogP contribution in [0.25, 0.3) is 86.9 Å². The van der Waals surface area contributed by atoms with Crippen LogP contribution in [0.1, 0.15) is 47.2 Å². The van der Waals surface area contributed by atoms with Crippen molar-refractivity contribution in [3.05, 3.63) is 282 Å². The maximum Gasteiger partial charge on any atom is 0.0725 e. The summed E-state index contributed by atoms with van der Waals surface area (Å²) in [5.74, 6) is 0. The van der Waals surface area contributed by atoms with Gasteiger partial charge in [-0.05, 0) is 155 Å². The number of hydrogen-bond acceptors (Lipinski definition) is 2. The Kier molecular flexibility index (Phi) is 8.86. The standard InChI is InChI=1S/C70H47NS/c1-69(2)61-23-11-6-18-52(61)56-39-37-51(43-65(56)69)71(49-33-28-45(29-34-49)44-16-4-3-5-17-44)50-35-30-46(31-36-50)48-40-59(68-60(41-48)58-22-10-15-27-67(58)72-68)47-32-38-57-55-21-9-14-26-64(55)70(66(57)42-47)62-24-12-7-19-53(62)54-20-8-13-25-63(54)70/h3-43H,1-2H3. The Bertz CT molecular complexity index is 4110. The molecule has 0 atom stereocenters. The second kappa shape index (κ2) is 15.5. The summed E-state index contributed by atoms with van der Waals surface area (Å²) in [5.41, 5.74) is 26.3. The second-order valence-electron chi connectivity index (χ2n) is 20.3. The predicted octanol–water partition coefficient (Wildman–Crippen LogP) is 19.2. The van der Waals surface area contributed by atoms with Crippen molar-refractivity contribution in [3.8, 4) is 66.8 Å². The van der Waals surface area contributed by atoms with Gasteiger partial charge in [0.05, 0.1) is 5.41 Å². The molecule has 0 saturated heterocycles. The Labute approximate surface area is 424 Å². The van der Waals surface area contributed by atoms with Gasteiger partial charge >= 0.3 is 0 Å². The van der Waals surface area contributed by atoms with Crippen LogP contribution in [-0.2, 0) is 10.8 Å². The van der Waals surface area contributed by atoms with Gasteiger partial charge in [0.2, 0.25) is 0 Å². The highest BCUT2D eigenvalue weighted by molar-refractivity contribution is 7.26.